The Morgan fingerprint density at radius 1 is 1.40 bits per heavy atom. The predicted octanol–water partition coefficient (Wildman–Crippen LogP) is 1.39. The average Bonchev–Trinajstić information content (AvgIpc) is 2.63. The van der Waals surface area contributed by atoms with Gasteiger partial charge in [-0.25, -0.2) is 0 Å². The van der Waals surface area contributed by atoms with Crippen LogP contribution in [0, 0.1) is 0 Å². The van der Waals surface area contributed by atoms with Gasteiger partial charge in [0.15, 0.2) is 5.16 Å². The molecule has 0 aromatic carbocycles. The molecule has 1 saturated heterocycles. The van der Waals surface area contributed by atoms with E-state index in [2.05, 4.69) is 34.1 Å². The van der Waals surface area contributed by atoms with Crippen molar-refractivity contribution in [2.45, 2.75) is 30.8 Å². The fourth-order valence-electron chi connectivity index (χ4n) is 2.02. The molecule has 0 aliphatic carbocycles. The van der Waals surface area contributed by atoms with Crippen LogP contribution in [0.3, 0.4) is 0 Å². The molecular formula is C10H18N4S. The Bertz CT molecular complexity index is 317. The fourth-order valence-corrected chi connectivity index (χ4v) is 2.66. The van der Waals surface area contributed by atoms with Crippen LogP contribution < -0.4 is 5.32 Å². The number of aromatic nitrogens is 3. The van der Waals surface area contributed by atoms with Gasteiger partial charge in [-0.2, -0.15) is 0 Å². The highest BCUT2D eigenvalue weighted by Crippen LogP contribution is 2.25. The van der Waals surface area contributed by atoms with E-state index >= 15 is 0 Å². The minimum Gasteiger partial charge on any atom is -0.317 e. The monoisotopic (exact) mass is 226 g/mol. The summed E-state index contributed by atoms with van der Waals surface area (Å²) in [6, 6.07) is 0. The van der Waals surface area contributed by atoms with Crippen molar-refractivity contribution in [2.75, 3.05) is 18.8 Å². The lowest BCUT2D eigenvalue weighted by Gasteiger charge is -2.21. The summed E-state index contributed by atoms with van der Waals surface area (Å²) in [5, 5.41) is 13.0. The first kappa shape index (κ1) is 11.0. The maximum Gasteiger partial charge on any atom is 0.190 e. The van der Waals surface area contributed by atoms with Crippen LogP contribution in [0.4, 0.5) is 0 Å². The molecule has 84 valence electrons. The van der Waals surface area contributed by atoms with Crippen LogP contribution in [0.25, 0.3) is 0 Å². The van der Waals surface area contributed by atoms with Crippen LogP contribution in [0.5, 0.6) is 0 Å². The number of piperidine rings is 1. The van der Waals surface area contributed by atoms with Crippen molar-refractivity contribution in [3.63, 3.8) is 0 Å². The van der Waals surface area contributed by atoms with Gasteiger partial charge in [-0.05, 0) is 31.7 Å². The highest BCUT2D eigenvalue weighted by atomic mass is 32.2. The second-order valence-electron chi connectivity index (χ2n) is 3.86. The maximum atomic E-state index is 4.32. The van der Waals surface area contributed by atoms with Crippen LogP contribution in [0.1, 0.15) is 31.5 Å². The molecule has 1 N–H and O–H groups in total. The summed E-state index contributed by atoms with van der Waals surface area (Å²) in [4.78, 5) is 0. The summed E-state index contributed by atoms with van der Waals surface area (Å²) in [6.45, 7) is 4.35. The number of rotatable bonds is 3. The molecule has 0 bridgehead atoms. The standard InChI is InChI=1S/C10H18N4S/c1-3-15-10-13-12-9(14(10)2)8-4-6-11-7-5-8/h8,11H,3-7H2,1-2H3. The summed E-state index contributed by atoms with van der Waals surface area (Å²) in [5.41, 5.74) is 0. The molecular weight excluding hydrogens is 208 g/mol. The van der Waals surface area contributed by atoms with Crippen LogP contribution in [0.2, 0.25) is 0 Å². The van der Waals surface area contributed by atoms with E-state index in [1.165, 1.54) is 12.8 Å². The Labute approximate surface area is 94.8 Å². The number of nitrogens with zero attached hydrogens (tertiary/aromatic N) is 3. The summed E-state index contributed by atoms with van der Waals surface area (Å²) >= 11 is 1.76. The van der Waals surface area contributed by atoms with Crippen molar-refractivity contribution >= 4 is 11.8 Å². The summed E-state index contributed by atoms with van der Waals surface area (Å²) < 4.78 is 2.16. The van der Waals surface area contributed by atoms with Gasteiger partial charge in [0.2, 0.25) is 0 Å². The van der Waals surface area contributed by atoms with Gasteiger partial charge < -0.3 is 9.88 Å². The molecule has 0 spiro atoms. The Hall–Kier alpha value is -0.550. The van der Waals surface area contributed by atoms with Gasteiger partial charge in [0, 0.05) is 13.0 Å². The van der Waals surface area contributed by atoms with Gasteiger partial charge in [0.05, 0.1) is 0 Å². The number of hydrogen-bond acceptors (Lipinski definition) is 4. The minimum atomic E-state index is 0.593. The summed E-state index contributed by atoms with van der Waals surface area (Å²) in [5.74, 6) is 2.81. The Morgan fingerprint density at radius 2 is 2.13 bits per heavy atom. The molecule has 1 aliphatic heterocycles. The SMILES string of the molecule is CCSc1nnc(C2CCNCC2)n1C. The average molecular weight is 226 g/mol. The summed E-state index contributed by atoms with van der Waals surface area (Å²) in [7, 11) is 2.08. The molecule has 1 fully saturated rings. The third-order valence-corrected chi connectivity index (χ3v) is 3.75. The molecule has 0 saturated carbocycles. The van der Waals surface area contributed by atoms with Gasteiger partial charge in [-0.1, -0.05) is 18.7 Å². The van der Waals surface area contributed by atoms with Gasteiger partial charge in [-0.3, -0.25) is 0 Å². The molecule has 0 atom stereocenters. The highest BCUT2D eigenvalue weighted by Gasteiger charge is 2.21. The lowest BCUT2D eigenvalue weighted by Crippen LogP contribution is -2.27. The van der Waals surface area contributed by atoms with E-state index in [0.717, 1.165) is 29.8 Å². The third-order valence-electron chi connectivity index (χ3n) is 2.85. The molecule has 15 heavy (non-hydrogen) atoms. The zero-order valence-corrected chi connectivity index (χ0v) is 10.2. The van der Waals surface area contributed by atoms with Crippen molar-refractivity contribution in [3.8, 4) is 0 Å². The van der Waals surface area contributed by atoms with E-state index in [4.69, 9.17) is 0 Å². The third kappa shape index (κ3) is 2.34. The van der Waals surface area contributed by atoms with E-state index in [0.29, 0.717) is 5.92 Å². The number of thioether (sulfide) groups is 1. The van der Waals surface area contributed by atoms with Crippen LogP contribution in [0.15, 0.2) is 5.16 Å². The van der Waals surface area contributed by atoms with E-state index in [1.54, 1.807) is 11.8 Å². The normalized spacial score (nSPS) is 18.3. The van der Waals surface area contributed by atoms with Crippen molar-refractivity contribution in [3.05, 3.63) is 5.82 Å². The topological polar surface area (TPSA) is 42.7 Å². The van der Waals surface area contributed by atoms with Crippen molar-refractivity contribution in [1.29, 1.82) is 0 Å². The van der Waals surface area contributed by atoms with Gasteiger partial charge in [0.25, 0.3) is 0 Å². The van der Waals surface area contributed by atoms with E-state index in [1.807, 2.05) is 0 Å². The second-order valence-corrected chi connectivity index (χ2v) is 5.09. The first-order valence-electron chi connectivity index (χ1n) is 5.55. The van der Waals surface area contributed by atoms with Crippen molar-refractivity contribution in [2.24, 2.45) is 7.05 Å². The number of hydrogen-bond donors (Lipinski definition) is 1. The molecule has 1 aromatic heterocycles. The van der Waals surface area contributed by atoms with Gasteiger partial charge in [-0.15, -0.1) is 10.2 Å². The molecule has 1 aromatic rings. The molecule has 2 rings (SSSR count). The number of nitrogens with one attached hydrogen (secondary N) is 1. The van der Waals surface area contributed by atoms with E-state index < -0.39 is 0 Å². The zero-order valence-electron chi connectivity index (χ0n) is 9.36. The quantitative estimate of drug-likeness (QED) is 0.791. The van der Waals surface area contributed by atoms with Crippen LogP contribution in [-0.2, 0) is 7.05 Å². The maximum absolute atomic E-state index is 4.32. The van der Waals surface area contributed by atoms with Gasteiger partial charge in [0.1, 0.15) is 5.82 Å². The Kier molecular flexibility index (Phi) is 3.64. The fraction of sp³-hybridized carbons (Fsp3) is 0.800. The predicted molar refractivity (Wildman–Crippen MR) is 62.2 cm³/mol. The summed E-state index contributed by atoms with van der Waals surface area (Å²) in [6.07, 6.45) is 2.37. The van der Waals surface area contributed by atoms with Crippen LogP contribution >= 0.6 is 11.8 Å². The lowest BCUT2D eigenvalue weighted by atomic mass is 9.97. The highest BCUT2D eigenvalue weighted by molar-refractivity contribution is 7.99. The Morgan fingerprint density at radius 3 is 2.80 bits per heavy atom. The van der Waals surface area contributed by atoms with E-state index in [-0.39, 0.29) is 0 Å². The van der Waals surface area contributed by atoms with E-state index in [9.17, 15) is 0 Å². The zero-order chi connectivity index (χ0) is 10.7. The second kappa shape index (κ2) is 4.99. The first-order valence-corrected chi connectivity index (χ1v) is 6.54. The lowest BCUT2D eigenvalue weighted by molar-refractivity contribution is 0.434. The minimum absolute atomic E-state index is 0.593. The molecule has 4 nitrogen and oxygen atoms in total. The van der Waals surface area contributed by atoms with Crippen molar-refractivity contribution in [1.82, 2.24) is 20.1 Å². The Balaban J connectivity index is 2.13. The van der Waals surface area contributed by atoms with Crippen LogP contribution in [-0.4, -0.2) is 33.6 Å². The largest absolute Gasteiger partial charge is 0.317 e. The van der Waals surface area contributed by atoms with Crippen molar-refractivity contribution < 1.29 is 0 Å². The molecule has 0 radical (unpaired) electrons. The first-order chi connectivity index (χ1) is 7.33. The molecule has 1 aliphatic rings. The molecule has 2 heterocycles. The molecule has 5 heteroatoms. The molecule has 0 unspecified atom stereocenters. The smallest absolute Gasteiger partial charge is 0.190 e. The molecule has 0 amide bonds. The van der Waals surface area contributed by atoms with Gasteiger partial charge >= 0.3 is 0 Å².